The molecular formula is C33H32IN5O9. The van der Waals surface area contributed by atoms with Gasteiger partial charge in [-0.15, -0.1) is 0 Å². The van der Waals surface area contributed by atoms with E-state index in [0.29, 0.717) is 11.4 Å². The van der Waals surface area contributed by atoms with Crippen molar-refractivity contribution in [3.63, 3.8) is 0 Å². The number of alkyl carbamates (subject to hydrolysis) is 1. The number of fused-ring (bicyclic) bond motifs is 3. The molecule has 1 saturated heterocycles. The fraction of sp³-hybridized carbons (Fsp3) is 0.273. The number of carbonyl (C=O) groups excluding carboxylic acids is 5. The molecule has 0 spiro atoms. The lowest BCUT2D eigenvalue weighted by Crippen LogP contribution is -2.56. The Kier molecular flexibility index (Phi) is 10.8. The molecule has 0 bridgehead atoms. The molecular weight excluding hydrogens is 737 g/mol. The van der Waals surface area contributed by atoms with Crippen LogP contribution in [0.2, 0.25) is 0 Å². The fourth-order valence-electron chi connectivity index (χ4n) is 5.63. The van der Waals surface area contributed by atoms with Crippen molar-refractivity contribution in [2.45, 2.75) is 24.8 Å². The van der Waals surface area contributed by atoms with Gasteiger partial charge in [0.2, 0.25) is 17.7 Å². The number of rotatable bonds is 12. The van der Waals surface area contributed by atoms with Gasteiger partial charge in [-0.3, -0.25) is 24.1 Å². The van der Waals surface area contributed by atoms with Crippen molar-refractivity contribution in [3.05, 3.63) is 81.4 Å². The number of halogens is 1. The van der Waals surface area contributed by atoms with Crippen molar-refractivity contribution in [3.8, 4) is 16.9 Å². The van der Waals surface area contributed by atoms with E-state index in [1.54, 1.807) is 12.1 Å². The third-order valence-electron chi connectivity index (χ3n) is 7.93. The Hall–Kier alpha value is -5.19. The molecule has 6 amide bonds. The van der Waals surface area contributed by atoms with Gasteiger partial charge in [-0.05, 0) is 63.0 Å². The van der Waals surface area contributed by atoms with Crippen molar-refractivity contribution >= 4 is 64.1 Å². The number of nitrogens with one attached hydrogen (secondary N) is 3. The van der Waals surface area contributed by atoms with Crippen LogP contribution in [0, 0.1) is 3.57 Å². The van der Waals surface area contributed by atoms with Gasteiger partial charge in [-0.2, -0.15) is 0 Å². The zero-order valence-corrected chi connectivity index (χ0v) is 27.9. The first-order valence-electron chi connectivity index (χ1n) is 14.9. The van der Waals surface area contributed by atoms with Crippen LogP contribution in [0.15, 0.2) is 66.7 Å². The monoisotopic (exact) mass is 769 g/mol. The Bertz CT molecular complexity index is 1720. The summed E-state index contributed by atoms with van der Waals surface area (Å²) in [6.07, 6.45) is -1.77. The zero-order valence-electron chi connectivity index (χ0n) is 25.7. The topological polar surface area (TPSA) is 184 Å². The molecule has 250 valence electrons. The molecule has 0 aromatic heterocycles. The summed E-state index contributed by atoms with van der Waals surface area (Å²) in [6.45, 7) is -1.01. The summed E-state index contributed by atoms with van der Waals surface area (Å²) in [6, 6.07) is 18.5. The maximum Gasteiger partial charge on any atom is 0.407 e. The summed E-state index contributed by atoms with van der Waals surface area (Å²) >= 11 is 2.09. The number of hydrogen-bond acceptors (Lipinski definition) is 8. The molecule has 0 saturated carbocycles. The minimum Gasteiger partial charge on any atom is -0.495 e. The van der Waals surface area contributed by atoms with Gasteiger partial charge in [0.25, 0.3) is 0 Å². The average molecular weight is 770 g/mol. The molecule has 15 heteroatoms. The number of benzene rings is 3. The lowest BCUT2D eigenvalue weighted by atomic mass is 9.98. The number of methoxy groups -OCH3 is 1. The van der Waals surface area contributed by atoms with E-state index in [9.17, 15) is 33.9 Å². The van der Waals surface area contributed by atoms with Gasteiger partial charge < -0.3 is 30.5 Å². The second kappa shape index (κ2) is 15.1. The first kappa shape index (κ1) is 34.2. The van der Waals surface area contributed by atoms with Gasteiger partial charge >= 0.3 is 18.1 Å². The van der Waals surface area contributed by atoms with Crippen LogP contribution in [-0.2, 0) is 23.9 Å². The van der Waals surface area contributed by atoms with Gasteiger partial charge in [0, 0.05) is 22.5 Å². The third-order valence-corrected chi connectivity index (χ3v) is 8.60. The minimum atomic E-state index is -1.55. The molecule has 3 aromatic rings. The van der Waals surface area contributed by atoms with Gasteiger partial charge in [0.15, 0.2) is 0 Å². The number of anilines is 1. The highest BCUT2D eigenvalue weighted by Gasteiger charge is 2.35. The SMILES string of the molecule is COc1ccc(I)cc1N1CCC(=O)N(CNC(=O)CNC(=O)[C@H](CC(=O)O)NC(=O)OCC2c3ccccc3-c3ccccc32)C1=O. The molecule has 0 radical (unpaired) electrons. The fourth-order valence-corrected chi connectivity index (χ4v) is 6.11. The number of hydrogen-bond donors (Lipinski definition) is 4. The molecule has 1 atom stereocenters. The van der Waals surface area contributed by atoms with Crippen LogP contribution >= 0.6 is 22.6 Å². The average Bonchev–Trinajstić information content (AvgIpc) is 3.39. The van der Waals surface area contributed by atoms with E-state index in [-0.39, 0.29) is 25.5 Å². The van der Waals surface area contributed by atoms with Gasteiger partial charge in [-0.25, -0.2) is 14.5 Å². The number of carboxylic acid groups (broad SMARTS) is 1. The Balaban J connectivity index is 1.13. The van der Waals surface area contributed by atoms with Crippen LogP contribution < -0.4 is 25.6 Å². The molecule has 3 aromatic carbocycles. The van der Waals surface area contributed by atoms with Gasteiger partial charge in [-0.1, -0.05) is 48.5 Å². The van der Waals surface area contributed by atoms with Crippen LogP contribution in [0.1, 0.15) is 29.9 Å². The van der Waals surface area contributed by atoms with Crippen LogP contribution in [0.5, 0.6) is 5.75 Å². The predicted molar refractivity (Wildman–Crippen MR) is 180 cm³/mol. The number of amides is 6. The maximum absolute atomic E-state index is 13.2. The number of imide groups is 1. The molecule has 4 N–H and O–H groups in total. The second-order valence-corrected chi connectivity index (χ2v) is 12.2. The second-order valence-electron chi connectivity index (χ2n) is 10.9. The Morgan fingerprint density at radius 2 is 1.65 bits per heavy atom. The number of carboxylic acids is 1. The zero-order chi connectivity index (χ0) is 34.4. The summed E-state index contributed by atoms with van der Waals surface area (Å²) in [5, 5.41) is 16.3. The van der Waals surface area contributed by atoms with E-state index in [2.05, 4.69) is 38.5 Å². The highest BCUT2D eigenvalue weighted by molar-refractivity contribution is 14.1. The highest BCUT2D eigenvalue weighted by atomic mass is 127. The van der Waals surface area contributed by atoms with Crippen molar-refractivity contribution < 1.29 is 43.3 Å². The number of ether oxygens (including phenoxy) is 2. The predicted octanol–water partition coefficient (Wildman–Crippen LogP) is 3.03. The highest BCUT2D eigenvalue weighted by Crippen LogP contribution is 2.44. The smallest absolute Gasteiger partial charge is 0.407 e. The first-order valence-corrected chi connectivity index (χ1v) is 16.0. The standard InChI is InChI=1S/C33H32IN5O9/c1-47-27-11-10-19(34)14-26(27)38-13-12-29(41)39(33(38)46)18-36-28(40)16-35-31(44)25(15-30(42)43)37-32(45)48-17-24-22-8-4-2-6-20(22)21-7-3-5-9-23(21)24/h2-11,14,24-25H,12-13,15-18H2,1H3,(H,35,44)(H,36,40)(H,37,45)(H,42,43)/t25-/m0/s1. The molecule has 1 heterocycles. The number of aliphatic carboxylic acids is 1. The van der Waals surface area contributed by atoms with E-state index in [0.717, 1.165) is 30.7 Å². The largest absolute Gasteiger partial charge is 0.495 e. The van der Waals surface area contributed by atoms with E-state index in [1.807, 2.05) is 54.6 Å². The van der Waals surface area contributed by atoms with Crippen LogP contribution in [-0.4, -0.2) is 85.3 Å². The van der Waals surface area contributed by atoms with Gasteiger partial charge in [0.05, 0.1) is 25.8 Å². The number of nitrogens with zero attached hydrogens (tertiary/aromatic N) is 2. The first-order chi connectivity index (χ1) is 23.1. The van der Waals surface area contributed by atoms with E-state index >= 15 is 0 Å². The van der Waals surface area contributed by atoms with E-state index in [1.165, 1.54) is 12.0 Å². The Labute approximate surface area is 288 Å². The van der Waals surface area contributed by atoms with Crippen molar-refractivity contribution in [1.82, 2.24) is 20.9 Å². The van der Waals surface area contributed by atoms with Crippen LogP contribution in [0.4, 0.5) is 15.3 Å². The number of carbonyl (C=O) groups is 6. The van der Waals surface area contributed by atoms with Crippen LogP contribution in [0.25, 0.3) is 11.1 Å². The van der Waals surface area contributed by atoms with Crippen molar-refractivity contribution in [2.75, 3.05) is 38.4 Å². The third kappa shape index (κ3) is 7.67. The molecule has 2 aliphatic rings. The van der Waals surface area contributed by atoms with E-state index in [4.69, 9.17) is 9.47 Å². The summed E-state index contributed by atoms with van der Waals surface area (Å²) in [5.41, 5.74) is 4.49. The summed E-state index contributed by atoms with van der Waals surface area (Å²) < 4.78 is 11.6. The van der Waals surface area contributed by atoms with Gasteiger partial charge in [0.1, 0.15) is 25.1 Å². The lowest BCUT2D eigenvalue weighted by Gasteiger charge is -2.34. The molecule has 1 aliphatic carbocycles. The Morgan fingerprint density at radius 1 is 0.979 bits per heavy atom. The molecule has 14 nitrogen and oxygen atoms in total. The molecule has 1 fully saturated rings. The lowest BCUT2D eigenvalue weighted by molar-refractivity contribution is -0.139. The molecule has 0 unspecified atom stereocenters. The number of urea groups is 1. The van der Waals surface area contributed by atoms with Crippen molar-refractivity contribution in [1.29, 1.82) is 0 Å². The maximum atomic E-state index is 13.2. The summed E-state index contributed by atoms with van der Waals surface area (Å²) in [4.78, 5) is 77.6. The molecule has 48 heavy (non-hydrogen) atoms. The molecule has 5 rings (SSSR count). The Morgan fingerprint density at radius 3 is 2.29 bits per heavy atom. The quantitative estimate of drug-likeness (QED) is 0.201. The molecule has 1 aliphatic heterocycles. The van der Waals surface area contributed by atoms with E-state index < -0.39 is 61.5 Å². The minimum absolute atomic E-state index is 0.00534. The summed E-state index contributed by atoms with van der Waals surface area (Å²) in [5.74, 6) is -3.38. The van der Waals surface area contributed by atoms with Crippen molar-refractivity contribution in [2.24, 2.45) is 0 Å². The summed E-state index contributed by atoms with van der Waals surface area (Å²) in [7, 11) is 1.46. The van der Waals surface area contributed by atoms with Crippen LogP contribution in [0.3, 0.4) is 0 Å². The normalized spacial score (nSPS) is 14.5.